The van der Waals surface area contributed by atoms with Crippen LogP contribution in [0.1, 0.15) is 44.3 Å². The molecule has 1 aliphatic carbocycles. The number of nitrogens with one attached hydrogen (secondary N) is 1. The molecule has 2 aromatic rings. The number of hydrogen-bond acceptors (Lipinski definition) is 4. The van der Waals surface area contributed by atoms with Gasteiger partial charge in [0.05, 0.1) is 18.2 Å². The van der Waals surface area contributed by atoms with Crippen LogP contribution in [0.4, 0.5) is 5.69 Å². The molecule has 1 N–H and O–H groups in total. The summed E-state index contributed by atoms with van der Waals surface area (Å²) in [5.74, 6) is -0.212. The molecule has 27 heavy (non-hydrogen) atoms. The molecular formula is C22H25NO4. The zero-order chi connectivity index (χ0) is 19.1. The largest absolute Gasteiger partial charge is 0.492 e. The second-order valence-corrected chi connectivity index (χ2v) is 6.63. The number of anilines is 1. The fourth-order valence-corrected chi connectivity index (χ4v) is 3.32. The van der Waals surface area contributed by atoms with Crippen molar-refractivity contribution in [2.45, 2.75) is 38.7 Å². The Morgan fingerprint density at radius 3 is 2.41 bits per heavy atom. The predicted molar refractivity (Wildman–Crippen MR) is 103 cm³/mol. The first-order valence-corrected chi connectivity index (χ1v) is 9.47. The summed E-state index contributed by atoms with van der Waals surface area (Å²) in [7, 11) is 0. The summed E-state index contributed by atoms with van der Waals surface area (Å²) in [6, 6.07) is 16.3. The lowest BCUT2D eigenvalue weighted by Crippen LogP contribution is -2.28. The van der Waals surface area contributed by atoms with Crippen molar-refractivity contribution in [2.75, 3.05) is 11.9 Å². The lowest BCUT2D eigenvalue weighted by molar-refractivity contribution is -0.158. The van der Waals surface area contributed by atoms with Crippen molar-refractivity contribution in [3.8, 4) is 5.75 Å². The zero-order valence-corrected chi connectivity index (χ0v) is 15.5. The standard InChI is InChI=1S/C22H25NO4/c1-2-26-19-15-9-8-14-18(19)23-21(24)20(16-10-4-3-5-11-16)27-22(25)17-12-6-7-13-17/h3-5,8-11,14-15,17,20H,2,6-7,12-13H2,1H3,(H,23,24)/t20-/m0/s1. The van der Waals surface area contributed by atoms with E-state index >= 15 is 0 Å². The second-order valence-electron chi connectivity index (χ2n) is 6.63. The maximum Gasteiger partial charge on any atom is 0.310 e. The number of ether oxygens (including phenoxy) is 2. The predicted octanol–water partition coefficient (Wildman–Crippen LogP) is 4.50. The number of carbonyl (C=O) groups is 2. The molecule has 0 spiro atoms. The molecule has 0 radical (unpaired) electrons. The lowest BCUT2D eigenvalue weighted by atomic mass is 10.1. The second kappa shape index (κ2) is 9.21. The maximum absolute atomic E-state index is 13.0. The average Bonchev–Trinajstić information content (AvgIpc) is 3.23. The number of hydrogen-bond donors (Lipinski definition) is 1. The Morgan fingerprint density at radius 2 is 1.70 bits per heavy atom. The summed E-state index contributed by atoms with van der Waals surface area (Å²) < 4.78 is 11.2. The summed E-state index contributed by atoms with van der Waals surface area (Å²) in [5, 5.41) is 2.85. The number of amides is 1. The van der Waals surface area contributed by atoms with Gasteiger partial charge in [0.2, 0.25) is 6.10 Å². The molecule has 2 aromatic carbocycles. The normalized spacial score (nSPS) is 15.1. The van der Waals surface area contributed by atoms with E-state index in [-0.39, 0.29) is 17.8 Å². The molecule has 0 unspecified atom stereocenters. The van der Waals surface area contributed by atoms with Crippen molar-refractivity contribution in [1.29, 1.82) is 0 Å². The first-order valence-electron chi connectivity index (χ1n) is 9.47. The van der Waals surface area contributed by atoms with Gasteiger partial charge < -0.3 is 14.8 Å². The van der Waals surface area contributed by atoms with Crippen LogP contribution in [-0.4, -0.2) is 18.5 Å². The summed E-state index contributed by atoms with van der Waals surface area (Å²) in [6.07, 6.45) is 2.73. The molecule has 5 heteroatoms. The van der Waals surface area contributed by atoms with Crippen LogP contribution in [0.15, 0.2) is 54.6 Å². The molecule has 0 aliphatic heterocycles. The average molecular weight is 367 g/mol. The summed E-state index contributed by atoms with van der Waals surface area (Å²) in [4.78, 5) is 25.5. The third-order valence-corrected chi connectivity index (χ3v) is 4.71. The van der Waals surface area contributed by atoms with Crippen LogP contribution in [0.3, 0.4) is 0 Å². The monoisotopic (exact) mass is 367 g/mol. The van der Waals surface area contributed by atoms with E-state index in [1.54, 1.807) is 24.3 Å². The first-order chi connectivity index (χ1) is 13.2. The van der Waals surface area contributed by atoms with Gasteiger partial charge in [-0.25, -0.2) is 0 Å². The molecule has 0 saturated heterocycles. The van der Waals surface area contributed by atoms with E-state index in [1.165, 1.54) is 0 Å². The molecule has 5 nitrogen and oxygen atoms in total. The highest BCUT2D eigenvalue weighted by Crippen LogP contribution is 2.30. The van der Waals surface area contributed by atoms with Crippen molar-refractivity contribution in [3.05, 3.63) is 60.2 Å². The minimum Gasteiger partial charge on any atom is -0.492 e. The van der Waals surface area contributed by atoms with E-state index in [2.05, 4.69) is 5.32 Å². The third-order valence-electron chi connectivity index (χ3n) is 4.71. The highest BCUT2D eigenvalue weighted by molar-refractivity contribution is 5.97. The molecule has 3 rings (SSSR count). The number of carbonyl (C=O) groups excluding carboxylic acids is 2. The Labute approximate surface area is 159 Å². The van der Waals surface area contributed by atoms with Gasteiger partial charge in [0.25, 0.3) is 5.91 Å². The minimum atomic E-state index is -0.992. The number of para-hydroxylation sites is 2. The van der Waals surface area contributed by atoms with Gasteiger partial charge in [-0.1, -0.05) is 55.3 Å². The summed E-state index contributed by atoms with van der Waals surface area (Å²) >= 11 is 0. The SMILES string of the molecule is CCOc1ccccc1NC(=O)[C@@H](OC(=O)C1CCCC1)c1ccccc1. The van der Waals surface area contributed by atoms with Crippen LogP contribution in [0.25, 0.3) is 0 Å². The van der Waals surface area contributed by atoms with E-state index in [1.807, 2.05) is 37.3 Å². The summed E-state index contributed by atoms with van der Waals surface area (Å²) in [6.45, 7) is 2.38. The maximum atomic E-state index is 13.0. The van der Waals surface area contributed by atoms with Gasteiger partial charge in [-0.15, -0.1) is 0 Å². The van der Waals surface area contributed by atoms with Crippen LogP contribution in [0, 0.1) is 5.92 Å². The number of rotatable bonds is 7. The van der Waals surface area contributed by atoms with Crippen molar-refractivity contribution in [2.24, 2.45) is 5.92 Å². The van der Waals surface area contributed by atoms with Gasteiger partial charge in [-0.2, -0.15) is 0 Å². The van der Waals surface area contributed by atoms with E-state index in [0.717, 1.165) is 25.7 Å². The minimum absolute atomic E-state index is 0.111. The van der Waals surface area contributed by atoms with Crippen LogP contribution in [0.2, 0.25) is 0 Å². The molecule has 0 bridgehead atoms. The van der Waals surface area contributed by atoms with Gasteiger partial charge >= 0.3 is 5.97 Å². The molecule has 1 saturated carbocycles. The molecule has 1 atom stereocenters. The summed E-state index contributed by atoms with van der Waals surface area (Å²) in [5.41, 5.74) is 1.21. The van der Waals surface area contributed by atoms with Gasteiger partial charge in [0, 0.05) is 5.56 Å². The molecule has 1 amide bonds. The Kier molecular flexibility index (Phi) is 6.47. The van der Waals surface area contributed by atoms with E-state index < -0.39 is 6.10 Å². The Bertz CT molecular complexity index is 769. The third kappa shape index (κ3) is 4.88. The van der Waals surface area contributed by atoms with Gasteiger partial charge in [0.1, 0.15) is 5.75 Å². The molecule has 0 heterocycles. The van der Waals surface area contributed by atoms with Crippen LogP contribution < -0.4 is 10.1 Å². The number of esters is 1. The Balaban J connectivity index is 1.79. The molecule has 142 valence electrons. The topological polar surface area (TPSA) is 64.6 Å². The Morgan fingerprint density at radius 1 is 1.04 bits per heavy atom. The highest BCUT2D eigenvalue weighted by atomic mass is 16.5. The van der Waals surface area contributed by atoms with E-state index in [4.69, 9.17) is 9.47 Å². The fourth-order valence-electron chi connectivity index (χ4n) is 3.32. The molecular weight excluding hydrogens is 342 g/mol. The zero-order valence-electron chi connectivity index (χ0n) is 15.5. The van der Waals surface area contributed by atoms with Crippen molar-refractivity contribution in [3.63, 3.8) is 0 Å². The quantitative estimate of drug-likeness (QED) is 0.732. The fraction of sp³-hybridized carbons (Fsp3) is 0.364. The van der Waals surface area contributed by atoms with Crippen molar-refractivity contribution in [1.82, 2.24) is 0 Å². The van der Waals surface area contributed by atoms with Gasteiger partial charge in [-0.05, 0) is 31.9 Å². The molecule has 0 aromatic heterocycles. The lowest BCUT2D eigenvalue weighted by Gasteiger charge is -2.20. The highest BCUT2D eigenvalue weighted by Gasteiger charge is 2.31. The first kappa shape index (κ1) is 19.0. The van der Waals surface area contributed by atoms with Crippen LogP contribution in [0.5, 0.6) is 5.75 Å². The van der Waals surface area contributed by atoms with Gasteiger partial charge in [-0.3, -0.25) is 9.59 Å². The van der Waals surface area contributed by atoms with Crippen molar-refractivity contribution < 1.29 is 19.1 Å². The van der Waals surface area contributed by atoms with Crippen LogP contribution in [-0.2, 0) is 14.3 Å². The van der Waals surface area contributed by atoms with Crippen molar-refractivity contribution >= 4 is 17.6 Å². The molecule has 1 fully saturated rings. The van der Waals surface area contributed by atoms with Crippen LogP contribution >= 0.6 is 0 Å². The smallest absolute Gasteiger partial charge is 0.310 e. The van der Waals surface area contributed by atoms with Gasteiger partial charge in [0.15, 0.2) is 0 Å². The molecule has 1 aliphatic rings. The van der Waals surface area contributed by atoms with E-state index in [9.17, 15) is 9.59 Å². The number of benzene rings is 2. The Hall–Kier alpha value is -2.82. The van der Waals surface area contributed by atoms with E-state index in [0.29, 0.717) is 23.6 Å².